The Kier molecular flexibility index (Phi) is 7.48. The number of nitrogens with zero attached hydrogens (tertiary/aromatic N) is 4. The van der Waals surface area contributed by atoms with Crippen LogP contribution in [0.4, 0.5) is 17.3 Å². The molecule has 1 spiro atoms. The molecule has 3 aliphatic heterocycles. The maximum absolute atomic E-state index is 5.90. The molecule has 0 unspecified atom stereocenters. The summed E-state index contributed by atoms with van der Waals surface area (Å²) in [4.78, 5) is 14.1. The number of anilines is 3. The van der Waals surface area contributed by atoms with Gasteiger partial charge in [-0.15, -0.1) is 0 Å². The molecule has 288 valence electrons. The third-order valence-electron chi connectivity index (χ3n) is 15.2. The second-order valence-electron chi connectivity index (χ2n) is 18.0. The molecule has 60 heavy (non-hydrogen) atoms. The van der Waals surface area contributed by atoms with Crippen molar-refractivity contribution in [3.05, 3.63) is 199 Å². The molecule has 4 aliphatic carbocycles. The Hall–Kier alpha value is -6.43. The average Bonchev–Trinajstić information content (AvgIpc) is 3.39. The second kappa shape index (κ2) is 13.0. The molecule has 7 aliphatic rings. The van der Waals surface area contributed by atoms with Gasteiger partial charge < -0.3 is 0 Å². The predicted molar refractivity (Wildman–Crippen MR) is 244 cm³/mol. The Balaban J connectivity index is 1.13. The van der Waals surface area contributed by atoms with E-state index in [9.17, 15) is 0 Å². The van der Waals surface area contributed by atoms with Crippen LogP contribution in [-0.2, 0) is 5.41 Å². The fraction of sp³-hybridized carbons (Fsp3) is 0.182. The number of hydrogen-bond acceptors (Lipinski definition) is 3. The van der Waals surface area contributed by atoms with E-state index in [1.165, 1.54) is 75.4 Å². The van der Waals surface area contributed by atoms with Gasteiger partial charge in [0, 0.05) is 5.41 Å². The minimum absolute atomic E-state index is 0.000331. The smallest absolute Gasteiger partial charge is 0.250 e. The van der Waals surface area contributed by atoms with E-state index in [1.807, 2.05) is 0 Å². The molecule has 0 amide bonds. The molecule has 7 aromatic carbocycles. The molecule has 6 bridgehead atoms. The zero-order valence-electron chi connectivity index (χ0n) is 33.5. The fourth-order valence-electron chi connectivity index (χ4n) is 13.3. The van der Waals surface area contributed by atoms with Gasteiger partial charge in [0.25, 0.3) is 11.6 Å². The zero-order valence-corrected chi connectivity index (χ0v) is 34.5. The normalized spacial score (nSPS) is 21.9. The molecule has 4 saturated carbocycles. The standard InChI is InChI=1S/C55H45N4Si/c1-4-16-39(17-5-1)52-56-54(59-49-25-13-11-23-47(49)55(48-24-12-14-26-50(48)59)40-33-37-32-38(35-40)36-41(55)34-37)57-53-46-22-10-15-27-51(46)60(43-18-6-2-7-19-43,44-20-8-3-9-21-44)45-30-28-42(29-31-45)58(52)53/h1-31,37-38,40-41H,32-36H2/q+1. The maximum atomic E-state index is 5.90. The molecule has 0 atom stereocenters. The van der Waals surface area contributed by atoms with E-state index < -0.39 is 8.07 Å². The van der Waals surface area contributed by atoms with Crippen molar-refractivity contribution in [3.63, 3.8) is 0 Å². The minimum atomic E-state index is -2.90. The molecule has 15 rings (SSSR count). The van der Waals surface area contributed by atoms with Crippen molar-refractivity contribution < 1.29 is 4.57 Å². The maximum Gasteiger partial charge on any atom is 0.387 e. The van der Waals surface area contributed by atoms with Gasteiger partial charge in [-0.3, -0.25) is 4.90 Å². The van der Waals surface area contributed by atoms with Crippen LogP contribution in [0.3, 0.4) is 0 Å². The van der Waals surface area contributed by atoms with E-state index in [0.717, 1.165) is 40.3 Å². The van der Waals surface area contributed by atoms with Crippen molar-refractivity contribution in [3.8, 4) is 28.5 Å². The Morgan fingerprint density at radius 2 is 0.950 bits per heavy atom. The highest BCUT2D eigenvalue weighted by atomic mass is 28.3. The average molecular weight is 790 g/mol. The highest BCUT2D eigenvalue weighted by Crippen LogP contribution is 2.69. The van der Waals surface area contributed by atoms with E-state index in [2.05, 4.69) is 198 Å². The number of para-hydroxylation sites is 2. The van der Waals surface area contributed by atoms with Gasteiger partial charge in [-0.1, -0.05) is 146 Å². The Labute approximate surface area is 352 Å². The lowest BCUT2D eigenvalue weighted by molar-refractivity contribution is -0.578. The number of benzene rings is 7. The first kappa shape index (κ1) is 34.4. The van der Waals surface area contributed by atoms with E-state index in [4.69, 9.17) is 9.97 Å². The second-order valence-corrected chi connectivity index (χ2v) is 21.8. The third kappa shape index (κ3) is 4.64. The van der Waals surface area contributed by atoms with Gasteiger partial charge in [0.1, 0.15) is 5.69 Å². The summed E-state index contributed by atoms with van der Waals surface area (Å²) in [7, 11) is -2.90. The lowest BCUT2D eigenvalue weighted by Gasteiger charge is -2.63. The Morgan fingerprint density at radius 1 is 0.467 bits per heavy atom. The lowest BCUT2D eigenvalue weighted by atomic mass is 9.41. The molecular formula is C55H45N4Si+. The van der Waals surface area contributed by atoms with Crippen LogP contribution < -0.4 is 30.2 Å². The first-order valence-corrected chi connectivity index (χ1v) is 23.9. The van der Waals surface area contributed by atoms with Gasteiger partial charge in [0.2, 0.25) is 0 Å². The molecule has 4 fully saturated rings. The van der Waals surface area contributed by atoms with E-state index >= 15 is 0 Å². The number of aromatic nitrogens is 3. The molecule has 8 aromatic rings. The molecule has 0 N–H and O–H groups in total. The first-order valence-electron chi connectivity index (χ1n) is 21.9. The lowest BCUT2D eigenvalue weighted by Crippen LogP contribution is -2.75. The number of hydrogen-bond donors (Lipinski definition) is 0. The van der Waals surface area contributed by atoms with Crippen LogP contribution in [0.1, 0.15) is 43.2 Å². The summed E-state index contributed by atoms with van der Waals surface area (Å²) in [6, 6.07) is 70.3. The van der Waals surface area contributed by atoms with E-state index in [1.54, 1.807) is 0 Å². The van der Waals surface area contributed by atoms with Crippen molar-refractivity contribution >= 4 is 46.1 Å². The Morgan fingerprint density at radius 3 is 1.55 bits per heavy atom. The van der Waals surface area contributed by atoms with Crippen LogP contribution >= 0.6 is 0 Å². The molecule has 0 saturated heterocycles. The van der Waals surface area contributed by atoms with Crippen molar-refractivity contribution in [2.24, 2.45) is 23.7 Å². The quantitative estimate of drug-likeness (QED) is 0.132. The highest BCUT2D eigenvalue weighted by molar-refractivity contribution is 7.20. The largest absolute Gasteiger partial charge is 0.387 e. The minimum Gasteiger partial charge on any atom is -0.250 e. The Bertz CT molecular complexity index is 2830. The summed E-state index contributed by atoms with van der Waals surface area (Å²) in [6.07, 6.45) is 6.78. The predicted octanol–water partition coefficient (Wildman–Crippen LogP) is 9.30. The van der Waals surface area contributed by atoms with Crippen LogP contribution in [0.5, 0.6) is 0 Å². The molecule has 4 nitrogen and oxygen atoms in total. The van der Waals surface area contributed by atoms with Crippen LogP contribution in [0.2, 0.25) is 0 Å². The topological polar surface area (TPSA) is 32.9 Å². The van der Waals surface area contributed by atoms with Crippen LogP contribution in [0, 0.1) is 23.7 Å². The van der Waals surface area contributed by atoms with Crippen LogP contribution in [0.25, 0.3) is 28.5 Å². The van der Waals surface area contributed by atoms with E-state index in [0.29, 0.717) is 17.8 Å². The summed E-state index contributed by atoms with van der Waals surface area (Å²) >= 11 is 0. The number of fused-ring (bicyclic) bond motifs is 4. The molecule has 0 radical (unpaired) electrons. The zero-order chi connectivity index (χ0) is 39.4. The fourth-order valence-corrected chi connectivity index (χ4v) is 18.2. The molecular weight excluding hydrogens is 745 g/mol. The summed E-state index contributed by atoms with van der Waals surface area (Å²) in [6.45, 7) is 0. The van der Waals surface area contributed by atoms with Gasteiger partial charge in [0.15, 0.2) is 8.07 Å². The van der Waals surface area contributed by atoms with Gasteiger partial charge in [0.05, 0.1) is 22.5 Å². The van der Waals surface area contributed by atoms with Crippen molar-refractivity contribution in [2.45, 2.75) is 37.5 Å². The molecule has 4 heterocycles. The van der Waals surface area contributed by atoms with Crippen LogP contribution in [0.15, 0.2) is 188 Å². The van der Waals surface area contributed by atoms with Crippen LogP contribution in [-0.4, -0.2) is 18.0 Å². The van der Waals surface area contributed by atoms with Crippen molar-refractivity contribution in [1.29, 1.82) is 0 Å². The van der Waals surface area contributed by atoms with Crippen molar-refractivity contribution in [1.82, 2.24) is 9.97 Å². The summed E-state index contributed by atoms with van der Waals surface area (Å²) < 4.78 is 2.32. The number of rotatable bonds is 4. The van der Waals surface area contributed by atoms with E-state index in [-0.39, 0.29) is 5.41 Å². The highest BCUT2D eigenvalue weighted by Gasteiger charge is 2.62. The van der Waals surface area contributed by atoms with Gasteiger partial charge in [-0.25, -0.2) is 0 Å². The first-order chi connectivity index (χ1) is 29.7. The SMILES string of the molecule is c1ccc(-c2nc(N3c4ccccc4C4(c5ccccc53)C3CC5CC(C3)CC4C5)nc3[n+]2-c2ccc(cc2)[Si](c2ccccc2)(c2ccccc2)c2ccccc2-3)cc1. The van der Waals surface area contributed by atoms with Gasteiger partial charge >= 0.3 is 5.95 Å². The monoisotopic (exact) mass is 789 g/mol. The van der Waals surface area contributed by atoms with Gasteiger partial charge in [-0.2, -0.15) is 4.57 Å². The van der Waals surface area contributed by atoms with Crippen molar-refractivity contribution in [2.75, 3.05) is 4.90 Å². The summed E-state index contributed by atoms with van der Waals surface area (Å²) in [5.74, 6) is 5.52. The molecule has 1 aromatic heterocycles. The third-order valence-corrected chi connectivity index (χ3v) is 20.1. The molecule has 5 heteroatoms. The van der Waals surface area contributed by atoms with Gasteiger partial charge in [-0.05, 0) is 140 Å². The summed E-state index contributed by atoms with van der Waals surface area (Å²) in [5.41, 5.74) is 8.62. The summed E-state index contributed by atoms with van der Waals surface area (Å²) in [5, 5.41) is 5.36.